The van der Waals surface area contributed by atoms with Gasteiger partial charge in [0, 0.05) is 24.0 Å². The van der Waals surface area contributed by atoms with Crippen molar-refractivity contribution in [3.8, 4) is 11.6 Å². The summed E-state index contributed by atoms with van der Waals surface area (Å²) >= 11 is 0. The zero-order valence-electron chi connectivity index (χ0n) is 10.6. The summed E-state index contributed by atoms with van der Waals surface area (Å²) in [4.78, 5) is 8.41. The minimum absolute atomic E-state index is 0.139. The van der Waals surface area contributed by atoms with Crippen molar-refractivity contribution < 1.29 is 4.74 Å². The van der Waals surface area contributed by atoms with Crippen molar-refractivity contribution in [3.05, 3.63) is 47.9 Å². The van der Waals surface area contributed by atoms with Crippen LogP contribution in [0.2, 0.25) is 0 Å². The molecule has 0 aromatic carbocycles. The minimum Gasteiger partial charge on any atom is -0.437 e. The highest BCUT2D eigenvalue weighted by atomic mass is 16.5. The van der Waals surface area contributed by atoms with Gasteiger partial charge in [0.15, 0.2) is 0 Å². The SMILES string of the molecule is Cc1ccc(Oc2ccc(CC(C)N)cn2)cn1. The van der Waals surface area contributed by atoms with E-state index >= 15 is 0 Å². The number of pyridine rings is 2. The lowest BCUT2D eigenvalue weighted by molar-refractivity contribution is 0.460. The van der Waals surface area contributed by atoms with Crippen LogP contribution < -0.4 is 10.5 Å². The lowest BCUT2D eigenvalue weighted by Gasteiger charge is -2.07. The van der Waals surface area contributed by atoms with E-state index in [2.05, 4.69) is 9.97 Å². The van der Waals surface area contributed by atoms with Crippen molar-refractivity contribution in [2.45, 2.75) is 26.3 Å². The highest BCUT2D eigenvalue weighted by Gasteiger charge is 2.01. The Balaban J connectivity index is 2.04. The van der Waals surface area contributed by atoms with Crippen LogP contribution >= 0.6 is 0 Å². The van der Waals surface area contributed by atoms with Crippen molar-refractivity contribution in [1.29, 1.82) is 0 Å². The van der Waals surface area contributed by atoms with E-state index in [0.717, 1.165) is 17.7 Å². The fraction of sp³-hybridized carbons (Fsp3) is 0.286. The first-order valence-electron chi connectivity index (χ1n) is 5.94. The topological polar surface area (TPSA) is 61.0 Å². The van der Waals surface area contributed by atoms with E-state index in [0.29, 0.717) is 11.6 Å². The van der Waals surface area contributed by atoms with Crippen LogP contribution in [0.15, 0.2) is 36.7 Å². The molecule has 2 rings (SSSR count). The molecule has 0 saturated carbocycles. The van der Waals surface area contributed by atoms with Crippen LogP contribution in [0.25, 0.3) is 0 Å². The van der Waals surface area contributed by atoms with Gasteiger partial charge in [-0.1, -0.05) is 6.07 Å². The Bertz CT molecular complexity index is 491. The van der Waals surface area contributed by atoms with Crippen molar-refractivity contribution in [3.63, 3.8) is 0 Å². The second-order valence-corrected chi connectivity index (χ2v) is 4.42. The number of aromatic nitrogens is 2. The van der Waals surface area contributed by atoms with E-state index in [1.807, 2.05) is 38.1 Å². The quantitative estimate of drug-likeness (QED) is 0.896. The van der Waals surface area contributed by atoms with Gasteiger partial charge >= 0.3 is 0 Å². The summed E-state index contributed by atoms with van der Waals surface area (Å²) in [7, 11) is 0. The van der Waals surface area contributed by atoms with Gasteiger partial charge in [-0.15, -0.1) is 0 Å². The summed E-state index contributed by atoms with van der Waals surface area (Å²) in [5.74, 6) is 1.25. The Labute approximate surface area is 107 Å². The van der Waals surface area contributed by atoms with E-state index in [1.165, 1.54) is 0 Å². The lowest BCUT2D eigenvalue weighted by atomic mass is 10.1. The molecular formula is C14H17N3O. The second kappa shape index (κ2) is 5.60. The molecule has 0 aliphatic carbocycles. The molecule has 2 heterocycles. The van der Waals surface area contributed by atoms with Gasteiger partial charge in [0.05, 0.1) is 6.20 Å². The minimum atomic E-state index is 0.139. The number of ether oxygens (including phenoxy) is 1. The standard InChI is InChI=1S/C14H17N3O/c1-10(15)7-12-4-6-14(17-8-12)18-13-5-3-11(2)16-9-13/h3-6,8-10H,7,15H2,1-2H3. The molecule has 2 aromatic heterocycles. The molecule has 94 valence electrons. The average Bonchev–Trinajstić information content (AvgIpc) is 2.34. The maximum atomic E-state index is 5.73. The van der Waals surface area contributed by atoms with Crippen LogP contribution in [0, 0.1) is 6.92 Å². The molecule has 0 saturated heterocycles. The largest absolute Gasteiger partial charge is 0.437 e. The summed E-state index contributed by atoms with van der Waals surface area (Å²) in [5.41, 5.74) is 7.80. The normalized spacial score (nSPS) is 12.2. The monoisotopic (exact) mass is 243 g/mol. The van der Waals surface area contributed by atoms with Gasteiger partial charge in [-0.05, 0) is 38.0 Å². The first-order chi connectivity index (χ1) is 8.63. The van der Waals surface area contributed by atoms with Crippen LogP contribution in [0.3, 0.4) is 0 Å². The van der Waals surface area contributed by atoms with Gasteiger partial charge in [0.25, 0.3) is 0 Å². The molecular weight excluding hydrogens is 226 g/mol. The number of aryl methyl sites for hydroxylation is 1. The Kier molecular flexibility index (Phi) is 3.89. The summed E-state index contributed by atoms with van der Waals surface area (Å²) in [6, 6.07) is 7.74. The van der Waals surface area contributed by atoms with Crippen LogP contribution in [0.1, 0.15) is 18.2 Å². The maximum absolute atomic E-state index is 5.73. The summed E-state index contributed by atoms with van der Waals surface area (Å²) in [6.07, 6.45) is 4.30. The zero-order chi connectivity index (χ0) is 13.0. The van der Waals surface area contributed by atoms with Gasteiger partial charge < -0.3 is 10.5 Å². The molecule has 4 heteroatoms. The number of hydrogen-bond acceptors (Lipinski definition) is 4. The molecule has 0 amide bonds. The number of nitrogens with two attached hydrogens (primary N) is 1. The predicted molar refractivity (Wildman–Crippen MR) is 70.6 cm³/mol. The van der Waals surface area contributed by atoms with Crippen molar-refractivity contribution >= 4 is 0 Å². The van der Waals surface area contributed by atoms with Gasteiger partial charge in [-0.2, -0.15) is 0 Å². The highest BCUT2D eigenvalue weighted by molar-refractivity contribution is 5.26. The van der Waals surface area contributed by atoms with Crippen molar-refractivity contribution in [2.75, 3.05) is 0 Å². The predicted octanol–water partition coefficient (Wildman–Crippen LogP) is 2.47. The molecule has 0 radical (unpaired) electrons. The molecule has 4 nitrogen and oxygen atoms in total. The van der Waals surface area contributed by atoms with E-state index in [9.17, 15) is 0 Å². The van der Waals surface area contributed by atoms with Gasteiger partial charge in [-0.25, -0.2) is 4.98 Å². The Morgan fingerprint density at radius 2 is 2.00 bits per heavy atom. The molecule has 2 N–H and O–H groups in total. The first kappa shape index (κ1) is 12.5. The second-order valence-electron chi connectivity index (χ2n) is 4.42. The summed E-state index contributed by atoms with van der Waals surface area (Å²) in [5, 5.41) is 0. The smallest absolute Gasteiger partial charge is 0.219 e. The summed E-state index contributed by atoms with van der Waals surface area (Å²) < 4.78 is 5.59. The third-order valence-corrected chi connectivity index (χ3v) is 2.46. The molecule has 0 aliphatic rings. The van der Waals surface area contributed by atoms with Crippen LogP contribution in [-0.2, 0) is 6.42 Å². The fourth-order valence-corrected chi connectivity index (χ4v) is 1.60. The van der Waals surface area contributed by atoms with Crippen LogP contribution in [0.4, 0.5) is 0 Å². The first-order valence-corrected chi connectivity index (χ1v) is 5.94. The number of rotatable bonds is 4. The maximum Gasteiger partial charge on any atom is 0.219 e. The number of hydrogen-bond donors (Lipinski definition) is 1. The van der Waals surface area contributed by atoms with E-state index in [4.69, 9.17) is 10.5 Å². The van der Waals surface area contributed by atoms with E-state index < -0.39 is 0 Å². The van der Waals surface area contributed by atoms with E-state index in [1.54, 1.807) is 12.4 Å². The molecule has 0 fully saturated rings. The van der Waals surface area contributed by atoms with Gasteiger partial charge in [0.2, 0.25) is 5.88 Å². The molecule has 0 spiro atoms. The number of nitrogens with zero attached hydrogens (tertiary/aromatic N) is 2. The van der Waals surface area contributed by atoms with Gasteiger partial charge in [-0.3, -0.25) is 4.98 Å². The highest BCUT2D eigenvalue weighted by Crippen LogP contribution is 2.18. The molecule has 1 atom stereocenters. The lowest BCUT2D eigenvalue weighted by Crippen LogP contribution is -2.17. The van der Waals surface area contributed by atoms with Gasteiger partial charge in [0.1, 0.15) is 5.75 Å². The molecule has 18 heavy (non-hydrogen) atoms. The Morgan fingerprint density at radius 3 is 2.56 bits per heavy atom. The zero-order valence-corrected chi connectivity index (χ0v) is 10.6. The molecule has 2 aromatic rings. The van der Waals surface area contributed by atoms with Crippen molar-refractivity contribution in [2.24, 2.45) is 5.73 Å². The third-order valence-electron chi connectivity index (χ3n) is 2.46. The van der Waals surface area contributed by atoms with Crippen LogP contribution in [-0.4, -0.2) is 16.0 Å². The summed E-state index contributed by atoms with van der Waals surface area (Å²) in [6.45, 7) is 3.91. The van der Waals surface area contributed by atoms with Crippen molar-refractivity contribution in [1.82, 2.24) is 9.97 Å². The molecule has 0 bridgehead atoms. The average molecular weight is 243 g/mol. The Morgan fingerprint density at radius 1 is 1.17 bits per heavy atom. The fourth-order valence-electron chi connectivity index (χ4n) is 1.60. The Hall–Kier alpha value is -1.94. The van der Waals surface area contributed by atoms with E-state index in [-0.39, 0.29) is 6.04 Å². The third kappa shape index (κ3) is 3.53. The molecule has 1 unspecified atom stereocenters. The van der Waals surface area contributed by atoms with Crippen LogP contribution in [0.5, 0.6) is 11.6 Å². The molecule has 0 aliphatic heterocycles.